The average molecular weight is 263 g/mol. The number of thiazole rings is 1. The zero-order valence-corrected chi connectivity index (χ0v) is 11.2. The van der Waals surface area contributed by atoms with E-state index in [2.05, 4.69) is 11.2 Å². The maximum atomic E-state index is 11.9. The number of thioether (sulfide) groups is 1. The number of benzene rings is 1. The van der Waals surface area contributed by atoms with Gasteiger partial charge >= 0.3 is 0 Å². The Kier molecular flexibility index (Phi) is 4.34. The molecule has 0 unspecified atom stereocenters. The summed E-state index contributed by atoms with van der Waals surface area (Å²) in [5, 5.41) is 3.07. The average Bonchev–Trinajstić information content (AvgIpc) is 2.78. The van der Waals surface area contributed by atoms with E-state index in [1.807, 2.05) is 35.7 Å². The molecule has 4 heteroatoms. The van der Waals surface area contributed by atoms with Gasteiger partial charge in [-0.1, -0.05) is 30.3 Å². The van der Waals surface area contributed by atoms with E-state index >= 15 is 0 Å². The molecule has 0 spiro atoms. The third-order valence-electron chi connectivity index (χ3n) is 2.30. The number of nitrogens with zero attached hydrogens (tertiary/aromatic N) is 1. The van der Waals surface area contributed by atoms with Gasteiger partial charge in [0.2, 0.25) is 0 Å². The molecule has 0 aliphatic heterocycles. The number of rotatable bonds is 5. The smallest absolute Gasteiger partial charge is 0.168 e. The molecule has 0 bridgehead atoms. The first-order valence-electron chi connectivity index (χ1n) is 5.30. The van der Waals surface area contributed by atoms with E-state index < -0.39 is 0 Å². The molecule has 2 nitrogen and oxygen atoms in total. The van der Waals surface area contributed by atoms with Crippen LogP contribution in [-0.2, 0) is 12.2 Å². The number of Topliss-reactive ketones (excluding diaryl/α,β-unsaturated/α-hetero) is 1. The van der Waals surface area contributed by atoms with Gasteiger partial charge in [0, 0.05) is 16.7 Å². The minimum absolute atomic E-state index is 0.131. The molecule has 0 aliphatic carbocycles. The zero-order valence-electron chi connectivity index (χ0n) is 9.55. The van der Waals surface area contributed by atoms with Gasteiger partial charge in [0.05, 0.1) is 12.1 Å². The van der Waals surface area contributed by atoms with Crippen LogP contribution in [0.1, 0.15) is 21.1 Å². The zero-order chi connectivity index (χ0) is 12.1. The van der Waals surface area contributed by atoms with Crippen LogP contribution in [0.5, 0.6) is 0 Å². The van der Waals surface area contributed by atoms with Gasteiger partial charge in [0.15, 0.2) is 5.78 Å². The summed E-state index contributed by atoms with van der Waals surface area (Å²) in [6.07, 6.45) is 2.45. The van der Waals surface area contributed by atoms with Crippen molar-refractivity contribution in [2.75, 3.05) is 6.26 Å². The fourth-order valence-corrected chi connectivity index (χ4v) is 3.03. The van der Waals surface area contributed by atoms with Crippen molar-refractivity contribution in [2.24, 2.45) is 0 Å². The highest BCUT2D eigenvalue weighted by molar-refractivity contribution is 7.97. The summed E-state index contributed by atoms with van der Waals surface area (Å²) in [6, 6.07) is 9.37. The molecular formula is C13H13NOS2. The van der Waals surface area contributed by atoms with Crippen molar-refractivity contribution in [3.63, 3.8) is 0 Å². The van der Waals surface area contributed by atoms with Crippen molar-refractivity contribution < 1.29 is 4.79 Å². The molecule has 0 fully saturated rings. The first kappa shape index (κ1) is 12.3. The van der Waals surface area contributed by atoms with E-state index in [9.17, 15) is 4.79 Å². The largest absolute Gasteiger partial charge is 0.294 e. The van der Waals surface area contributed by atoms with Gasteiger partial charge in [0.25, 0.3) is 0 Å². The van der Waals surface area contributed by atoms with Crippen LogP contribution in [0.4, 0.5) is 0 Å². The van der Waals surface area contributed by atoms with Gasteiger partial charge in [-0.3, -0.25) is 4.79 Å². The van der Waals surface area contributed by atoms with Crippen LogP contribution < -0.4 is 0 Å². The van der Waals surface area contributed by atoms with E-state index in [1.54, 1.807) is 23.1 Å². The Morgan fingerprint density at radius 1 is 1.35 bits per heavy atom. The topological polar surface area (TPSA) is 30.0 Å². The lowest BCUT2D eigenvalue weighted by Crippen LogP contribution is -2.03. The molecule has 1 aromatic carbocycles. The Labute approximate surface area is 109 Å². The quantitative estimate of drug-likeness (QED) is 0.774. The lowest BCUT2D eigenvalue weighted by atomic mass is 10.1. The SMILES string of the molecule is CSCc1nc(CC(=O)c2ccccc2)cs1. The first-order valence-corrected chi connectivity index (χ1v) is 7.57. The van der Waals surface area contributed by atoms with Gasteiger partial charge < -0.3 is 0 Å². The van der Waals surface area contributed by atoms with E-state index in [-0.39, 0.29) is 5.78 Å². The van der Waals surface area contributed by atoms with Crippen molar-refractivity contribution >= 4 is 28.9 Å². The van der Waals surface area contributed by atoms with Crippen molar-refractivity contribution in [2.45, 2.75) is 12.2 Å². The predicted octanol–water partition coefficient (Wildman–Crippen LogP) is 3.43. The Morgan fingerprint density at radius 3 is 2.82 bits per heavy atom. The summed E-state index contributed by atoms with van der Waals surface area (Å²) >= 11 is 3.37. The van der Waals surface area contributed by atoms with Gasteiger partial charge in [-0.25, -0.2) is 4.98 Å². The Morgan fingerprint density at radius 2 is 2.12 bits per heavy atom. The van der Waals surface area contributed by atoms with Crippen molar-refractivity contribution in [1.29, 1.82) is 0 Å². The maximum absolute atomic E-state index is 11.9. The summed E-state index contributed by atoms with van der Waals surface area (Å²) in [5.41, 5.74) is 1.64. The van der Waals surface area contributed by atoms with Crippen LogP contribution in [0.25, 0.3) is 0 Å². The fourth-order valence-electron chi connectivity index (χ4n) is 1.51. The molecule has 0 aliphatic rings. The number of carbonyl (C=O) groups excluding carboxylic acids is 1. The third kappa shape index (κ3) is 3.41. The lowest BCUT2D eigenvalue weighted by Gasteiger charge is -1.97. The van der Waals surface area contributed by atoms with E-state index in [0.29, 0.717) is 6.42 Å². The number of hydrogen-bond donors (Lipinski definition) is 0. The number of aromatic nitrogens is 1. The highest BCUT2D eigenvalue weighted by atomic mass is 32.2. The minimum atomic E-state index is 0.131. The molecule has 0 saturated carbocycles. The van der Waals surface area contributed by atoms with Gasteiger partial charge in [-0.2, -0.15) is 11.8 Å². The van der Waals surface area contributed by atoms with Crippen LogP contribution in [0.2, 0.25) is 0 Å². The highest BCUT2D eigenvalue weighted by Crippen LogP contribution is 2.16. The molecule has 2 aromatic rings. The van der Waals surface area contributed by atoms with Gasteiger partial charge in [-0.05, 0) is 6.26 Å². The third-order valence-corrected chi connectivity index (χ3v) is 3.95. The number of ketones is 1. The summed E-state index contributed by atoms with van der Waals surface area (Å²) in [6.45, 7) is 0. The molecule has 17 heavy (non-hydrogen) atoms. The van der Waals surface area contributed by atoms with Crippen LogP contribution in [0.15, 0.2) is 35.7 Å². The maximum Gasteiger partial charge on any atom is 0.168 e. The summed E-state index contributed by atoms with van der Waals surface area (Å²) < 4.78 is 0. The molecule has 1 aromatic heterocycles. The Bertz CT molecular complexity index is 493. The molecule has 0 saturated heterocycles. The Balaban J connectivity index is 2.03. The summed E-state index contributed by atoms with van der Waals surface area (Å²) in [4.78, 5) is 16.4. The minimum Gasteiger partial charge on any atom is -0.294 e. The first-order chi connectivity index (χ1) is 8.29. The Hall–Kier alpha value is -1.13. The molecule has 0 radical (unpaired) electrons. The number of carbonyl (C=O) groups is 1. The second-order valence-corrected chi connectivity index (χ2v) is 5.44. The second kappa shape index (κ2) is 5.98. The van der Waals surface area contributed by atoms with E-state index in [1.165, 1.54) is 0 Å². The summed E-state index contributed by atoms with van der Waals surface area (Å²) in [5.74, 6) is 1.05. The lowest BCUT2D eigenvalue weighted by molar-refractivity contribution is 0.0992. The van der Waals surface area contributed by atoms with Crippen LogP contribution in [0, 0.1) is 0 Å². The summed E-state index contributed by atoms with van der Waals surface area (Å²) in [7, 11) is 0. The molecule has 1 heterocycles. The predicted molar refractivity (Wildman–Crippen MR) is 73.8 cm³/mol. The van der Waals surface area contributed by atoms with Gasteiger partial charge in [-0.15, -0.1) is 11.3 Å². The molecule has 0 atom stereocenters. The number of hydrogen-bond acceptors (Lipinski definition) is 4. The van der Waals surface area contributed by atoms with Crippen molar-refractivity contribution in [1.82, 2.24) is 4.98 Å². The standard InChI is InChI=1S/C13H13NOS2/c1-16-9-13-14-11(8-17-13)7-12(15)10-5-3-2-4-6-10/h2-6,8H,7,9H2,1H3. The normalized spacial score (nSPS) is 10.4. The van der Waals surface area contributed by atoms with Crippen molar-refractivity contribution in [3.05, 3.63) is 52.0 Å². The second-order valence-electron chi connectivity index (χ2n) is 3.63. The van der Waals surface area contributed by atoms with E-state index in [4.69, 9.17) is 0 Å². The van der Waals surface area contributed by atoms with E-state index in [0.717, 1.165) is 22.0 Å². The van der Waals surface area contributed by atoms with Crippen LogP contribution in [0.3, 0.4) is 0 Å². The molecule has 0 N–H and O–H groups in total. The fraction of sp³-hybridized carbons (Fsp3) is 0.231. The molecule has 0 amide bonds. The van der Waals surface area contributed by atoms with Crippen molar-refractivity contribution in [3.8, 4) is 0 Å². The monoisotopic (exact) mass is 263 g/mol. The molecular weight excluding hydrogens is 250 g/mol. The van der Waals surface area contributed by atoms with Gasteiger partial charge in [0.1, 0.15) is 5.01 Å². The highest BCUT2D eigenvalue weighted by Gasteiger charge is 2.09. The molecule has 88 valence electrons. The van der Waals surface area contributed by atoms with Crippen LogP contribution >= 0.6 is 23.1 Å². The molecule has 2 rings (SSSR count). The van der Waals surface area contributed by atoms with Crippen LogP contribution in [-0.4, -0.2) is 17.0 Å².